The van der Waals surface area contributed by atoms with E-state index in [0.29, 0.717) is 11.3 Å². The summed E-state index contributed by atoms with van der Waals surface area (Å²) in [6.07, 6.45) is 5.46. The molecule has 0 aromatic heterocycles. The quantitative estimate of drug-likeness (QED) is 0.798. The predicted octanol–water partition coefficient (Wildman–Crippen LogP) is 2.22. The SMILES string of the molecule is O=C(Nc1ccc(C(=O)OC2CCCC2)cc1)N[C@H]1C=CS(=O)(=O)C1. The van der Waals surface area contributed by atoms with Crippen LogP contribution >= 0.6 is 0 Å². The Morgan fingerprint density at radius 2 is 1.76 bits per heavy atom. The molecule has 0 spiro atoms. The van der Waals surface area contributed by atoms with Crippen molar-refractivity contribution in [3.8, 4) is 0 Å². The fourth-order valence-corrected chi connectivity index (χ4v) is 4.15. The van der Waals surface area contributed by atoms with Crippen LogP contribution in [0.1, 0.15) is 36.0 Å². The van der Waals surface area contributed by atoms with Crippen molar-refractivity contribution in [3.63, 3.8) is 0 Å². The zero-order chi connectivity index (χ0) is 17.9. The maximum Gasteiger partial charge on any atom is 0.338 e. The molecule has 2 aliphatic rings. The summed E-state index contributed by atoms with van der Waals surface area (Å²) < 4.78 is 28.0. The van der Waals surface area contributed by atoms with Crippen LogP contribution in [0.3, 0.4) is 0 Å². The van der Waals surface area contributed by atoms with Crippen LogP contribution in [-0.4, -0.2) is 38.3 Å². The van der Waals surface area contributed by atoms with Gasteiger partial charge in [0.15, 0.2) is 9.84 Å². The van der Waals surface area contributed by atoms with Crippen LogP contribution in [0.15, 0.2) is 35.7 Å². The topological polar surface area (TPSA) is 102 Å². The van der Waals surface area contributed by atoms with Crippen LogP contribution in [0.4, 0.5) is 10.5 Å². The van der Waals surface area contributed by atoms with E-state index >= 15 is 0 Å². The smallest absolute Gasteiger partial charge is 0.338 e. The Labute approximate surface area is 146 Å². The first-order chi connectivity index (χ1) is 11.9. The molecule has 1 fully saturated rings. The second-order valence-corrected chi connectivity index (χ2v) is 8.18. The lowest BCUT2D eigenvalue weighted by Gasteiger charge is -2.13. The largest absolute Gasteiger partial charge is 0.459 e. The fraction of sp³-hybridized carbons (Fsp3) is 0.412. The van der Waals surface area contributed by atoms with E-state index in [9.17, 15) is 18.0 Å². The Kier molecular flexibility index (Phi) is 5.08. The van der Waals surface area contributed by atoms with E-state index in [2.05, 4.69) is 10.6 Å². The molecule has 2 N–H and O–H groups in total. The Hall–Kier alpha value is -2.35. The number of anilines is 1. The van der Waals surface area contributed by atoms with Gasteiger partial charge < -0.3 is 15.4 Å². The summed E-state index contributed by atoms with van der Waals surface area (Å²) in [6, 6.07) is 5.34. The van der Waals surface area contributed by atoms with Crippen molar-refractivity contribution in [1.29, 1.82) is 0 Å². The molecule has 1 saturated carbocycles. The first-order valence-electron chi connectivity index (χ1n) is 8.21. The highest BCUT2D eigenvalue weighted by Crippen LogP contribution is 2.22. The minimum atomic E-state index is -3.21. The van der Waals surface area contributed by atoms with E-state index < -0.39 is 21.9 Å². The molecular weight excluding hydrogens is 344 g/mol. The van der Waals surface area contributed by atoms with Crippen molar-refractivity contribution in [2.75, 3.05) is 11.1 Å². The first-order valence-corrected chi connectivity index (χ1v) is 9.92. The van der Waals surface area contributed by atoms with Crippen LogP contribution in [0, 0.1) is 0 Å². The summed E-state index contributed by atoms with van der Waals surface area (Å²) in [5.74, 6) is -0.490. The standard InChI is InChI=1S/C17H20N2O5S/c20-16(24-15-3-1-2-4-15)12-5-7-13(8-6-12)18-17(21)19-14-9-10-25(22,23)11-14/h5-10,14-15H,1-4,11H2,(H2,18,19,21)/t14-/m0/s1. The lowest BCUT2D eigenvalue weighted by Crippen LogP contribution is -2.38. The minimum absolute atomic E-state index is 0.00632. The highest BCUT2D eigenvalue weighted by atomic mass is 32.2. The van der Waals surface area contributed by atoms with Crippen molar-refractivity contribution in [3.05, 3.63) is 41.3 Å². The van der Waals surface area contributed by atoms with Gasteiger partial charge in [0.2, 0.25) is 0 Å². The van der Waals surface area contributed by atoms with Crippen molar-refractivity contribution in [1.82, 2.24) is 5.32 Å². The molecule has 1 aliphatic heterocycles. The number of benzene rings is 1. The zero-order valence-corrected chi connectivity index (χ0v) is 14.4. The molecule has 2 amide bonds. The van der Waals surface area contributed by atoms with Gasteiger partial charge in [-0.1, -0.05) is 0 Å². The van der Waals surface area contributed by atoms with E-state index in [1.54, 1.807) is 24.3 Å². The third-order valence-electron chi connectivity index (χ3n) is 4.20. The number of carbonyl (C=O) groups excluding carboxylic acids is 2. The summed E-state index contributed by atoms with van der Waals surface area (Å²) in [5, 5.41) is 6.27. The summed E-state index contributed by atoms with van der Waals surface area (Å²) in [5.41, 5.74) is 0.933. The summed E-state index contributed by atoms with van der Waals surface area (Å²) in [6.45, 7) is 0. The van der Waals surface area contributed by atoms with Gasteiger partial charge in [-0.3, -0.25) is 0 Å². The Balaban J connectivity index is 1.51. The van der Waals surface area contributed by atoms with Crippen LogP contribution in [0.2, 0.25) is 0 Å². The molecule has 8 heteroatoms. The van der Waals surface area contributed by atoms with Gasteiger partial charge in [-0.05, 0) is 56.0 Å². The second-order valence-electron chi connectivity index (χ2n) is 6.25. The van der Waals surface area contributed by atoms with Gasteiger partial charge in [-0.25, -0.2) is 18.0 Å². The summed E-state index contributed by atoms with van der Waals surface area (Å²) in [4.78, 5) is 23.9. The number of amides is 2. The number of hydrogen-bond donors (Lipinski definition) is 2. The Morgan fingerprint density at radius 3 is 2.36 bits per heavy atom. The maximum absolute atomic E-state index is 12.0. The molecule has 7 nitrogen and oxygen atoms in total. The fourth-order valence-electron chi connectivity index (χ4n) is 2.92. The average molecular weight is 364 g/mol. The van der Waals surface area contributed by atoms with Crippen LogP contribution in [0.5, 0.6) is 0 Å². The first kappa shape index (κ1) is 17.5. The van der Waals surface area contributed by atoms with Gasteiger partial charge in [0.25, 0.3) is 0 Å². The number of rotatable bonds is 4. The van der Waals surface area contributed by atoms with Crippen molar-refractivity contribution < 1.29 is 22.7 Å². The van der Waals surface area contributed by atoms with Crippen LogP contribution in [0.25, 0.3) is 0 Å². The van der Waals surface area contributed by atoms with E-state index in [0.717, 1.165) is 31.1 Å². The molecule has 1 atom stereocenters. The van der Waals surface area contributed by atoms with Gasteiger partial charge in [0.1, 0.15) is 6.10 Å². The Bertz CT molecular complexity index is 780. The molecule has 25 heavy (non-hydrogen) atoms. The molecular formula is C17H20N2O5S. The third kappa shape index (κ3) is 4.82. The van der Waals surface area contributed by atoms with Crippen molar-refractivity contribution >= 4 is 27.5 Å². The average Bonchev–Trinajstić information content (AvgIpc) is 3.17. The maximum atomic E-state index is 12.0. The molecule has 1 heterocycles. The third-order valence-corrected chi connectivity index (χ3v) is 5.60. The monoisotopic (exact) mass is 364 g/mol. The second kappa shape index (κ2) is 7.26. The number of nitrogens with one attached hydrogen (secondary N) is 2. The number of sulfone groups is 1. The molecule has 0 unspecified atom stereocenters. The van der Waals surface area contributed by atoms with Gasteiger partial charge in [-0.15, -0.1) is 0 Å². The summed E-state index contributed by atoms with van der Waals surface area (Å²) >= 11 is 0. The van der Waals surface area contributed by atoms with Gasteiger partial charge in [0, 0.05) is 11.1 Å². The van der Waals surface area contributed by atoms with Crippen LogP contribution in [-0.2, 0) is 14.6 Å². The summed E-state index contributed by atoms with van der Waals surface area (Å²) in [7, 11) is -3.21. The predicted molar refractivity (Wildman–Crippen MR) is 93.0 cm³/mol. The van der Waals surface area contributed by atoms with Crippen molar-refractivity contribution in [2.45, 2.75) is 37.8 Å². The molecule has 1 aromatic carbocycles. The molecule has 0 radical (unpaired) electrons. The number of hydrogen-bond acceptors (Lipinski definition) is 5. The van der Waals surface area contributed by atoms with E-state index in [1.165, 1.54) is 6.08 Å². The minimum Gasteiger partial charge on any atom is -0.459 e. The van der Waals surface area contributed by atoms with E-state index in [4.69, 9.17) is 4.74 Å². The van der Waals surface area contributed by atoms with Crippen molar-refractivity contribution in [2.24, 2.45) is 0 Å². The molecule has 1 aliphatic carbocycles. The lowest BCUT2D eigenvalue weighted by molar-refractivity contribution is 0.0318. The molecule has 1 aromatic rings. The van der Waals surface area contributed by atoms with E-state index in [-0.39, 0.29) is 17.8 Å². The Morgan fingerprint density at radius 1 is 1.08 bits per heavy atom. The normalized spacial score (nSPS) is 21.8. The number of esters is 1. The zero-order valence-electron chi connectivity index (χ0n) is 13.6. The van der Waals surface area contributed by atoms with Gasteiger partial charge >= 0.3 is 12.0 Å². The lowest BCUT2D eigenvalue weighted by atomic mass is 10.2. The number of carbonyl (C=O) groups is 2. The highest BCUT2D eigenvalue weighted by Gasteiger charge is 2.23. The van der Waals surface area contributed by atoms with Crippen LogP contribution < -0.4 is 10.6 Å². The van der Waals surface area contributed by atoms with E-state index in [1.807, 2.05) is 0 Å². The van der Waals surface area contributed by atoms with Gasteiger partial charge in [0.05, 0.1) is 17.4 Å². The number of urea groups is 1. The molecule has 134 valence electrons. The van der Waals surface area contributed by atoms with Gasteiger partial charge in [-0.2, -0.15) is 0 Å². The highest BCUT2D eigenvalue weighted by molar-refractivity contribution is 7.94. The molecule has 0 bridgehead atoms. The molecule has 3 rings (SSSR count). The number of ether oxygens (including phenoxy) is 1. The molecule has 0 saturated heterocycles.